The van der Waals surface area contributed by atoms with Gasteiger partial charge in [-0.25, -0.2) is 4.98 Å². The van der Waals surface area contributed by atoms with Crippen LogP contribution in [0.1, 0.15) is 19.7 Å². The van der Waals surface area contributed by atoms with Crippen LogP contribution in [0.25, 0.3) is 22.0 Å². The standard InChI is InChI=1S/C17H19N3/c1-17(2,11-18)16-19-10-15(20-16)14-9-5-7-12-6-3-4-8-13(12)14/h3-10H,11,18H2,1-2H3,(H,19,20). The summed E-state index contributed by atoms with van der Waals surface area (Å²) in [4.78, 5) is 7.93. The molecule has 0 aliphatic carbocycles. The molecule has 0 amide bonds. The van der Waals surface area contributed by atoms with Crippen molar-refractivity contribution in [3.63, 3.8) is 0 Å². The van der Waals surface area contributed by atoms with Crippen molar-refractivity contribution in [3.05, 3.63) is 54.5 Å². The number of nitrogens with zero attached hydrogens (tertiary/aromatic N) is 1. The molecule has 0 saturated heterocycles. The molecular weight excluding hydrogens is 246 g/mol. The number of aromatic nitrogens is 2. The summed E-state index contributed by atoms with van der Waals surface area (Å²) in [7, 11) is 0. The lowest BCUT2D eigenvalue weighted by Gasteiger charge is -2.19. The minimum Gasteiger partial charge on any atom is -0.342 e. The molecule has 0 bridgehead atoms. The zero-order valence-corrected chi connectivity index (χ0v) is 11.9. The fraction of sp³-hybridized carbons (Fsp3) is 0.235. The molecule has 0 spiro atoms. The number of imidazole rings is 1. The number of nitrogens with two attached hydrogens (primary N) is 1. The lowest BCUT2D eigenvalue weighted by atomic mass is 9.93. The number of aromatic amines is 1. The zero-order valence-electron chi connectivity index (χ0n) is 11.9. The Hall–Kier alpha value is -2.13. The fourth-order valence-corrected chi connectivity index (χ4v) is 2.36. The van der Waals surface area contributed by atoms with E-state index in [1.807, 2.05) is 6.20 Å². The predicted octanol–water partition coefficient (Wildman–Crippen LogP) is 3.47. The highest BCUT2D eigenvalue weighted by Crippen LogP contribution is 2.29. The Morgan fingerprint density at radius 2 is 1.85 bits per heavy atom. The largest absolute Gasteiger partial charge is 0.342 e. The molecule has 0 aliphatic heterocycles. The third-order valence-corrected chi connectivity index (χ3v) is 3.81. The summed E-state index contributed by atoms with van der Waals surface area (Å²) in [6.45, 7) is 4.76. The molecule has 102 valence electrons. The molecule has 1 aromatic heterocycles. The van der Waals surface area contributed by atoms with Gasteiger partial charge in [0.1, 0.15) is 5.82 Å². The normalized spacial score (nSPS) is 11.9. The summed E-state index contributed by atoms with van der Waals surface area (Å²) >= 11 is 0. The van der Waals surface area contributed by atoms with Gasteiger partial charge in [-0.15, -0.1) is 0 Å². The molecule has 3 rings (SSSR count). The second-order valence-electron chi connectivity index (χ2n) is 5.76. The Morgan fingerprint density at radius 1 is 1.10 bits per heavy atom. The van der Waals surface area contributed by atoms with Crippen molar-refractivity contribution in [1.29, 1.82) is 0 Å². The molecule has 0 unspecified atom stereocenters. The van der Waals surface area contributed by atoms with Crippen LogP contribution in [0.15, 0.2) is 48.7 Å². The van der Waals surface area contributed by atoms with Crippen LogP contribution in [0.2, 0.25) is 0 Å². The summed E-state index contributed by atoms with van der Waals surface area (Å²) in [6.07, 6.45) is 1.90. The smallest absolute Gasteiger partial charge is 0.113 e. The van der Waals surface area contributed by atoms with Gasteiger partial charge in [0, 0.05) is 17.5 Å². The molecule has 0 aliphatic rings. The zero-order chi connectivity index (χ0) is 14.2. The molecular formula is C17H19N3. The van der Waals surface area contributed by atoms with Crippen LogP contribution < -0.4 is 5.73 Å². The van der Waals surface area contributed by atoms with Gasteiger partial charge in [-0.1, -0.05) is 56.3 Å². The van der Waals surface area contributed by atoms with Gasteiger partial charge in [-0.05, 0) is 10.8 Å². The Balaban J connectivity index is 2.13. The molecule has 0 fully saturated rings. The first-order chi connectivity index (χ1) is 9.62. The SMILES string of the molecule is CC(C)(CN)c1ncc(-c2cccc3ccccc23)[nH]1. The molecule has 0 saturated carbocycles. The van der Waals surface area contributed by atoms with Gasteiger partial charge < -0.3 is 10.7 Å². The maximum Gasteiger partial charge on any atom is 0.113 e. The minimum absolute atomic E-state index is 0.136. The van der Waals surface area contributed by atoms with Crippen molar-refractivity contribution in [2.75, 3.05) is 6.54 Å². The lowest BCUT2D eigenvalue weighted by Crippen LogP contribution is -2.29. The molecule has 1 heterocycles. The highest BCUT2D eigenvalue weighted by molar-refractivity contribution is 5.95. The molecule has 2 aromatic carbocycles. The van der Waals surface area contributed by atoms with Crippen LogP contribution in [-0.4, -0.2) is 16.5 Å². The number of hydrogen-bond donors (Lipinski definition) is 2. The Kier molecular flexibility index (Phi) is 3.07. The quantitative estimate of drug-likeness (QED) is 0.762. The lowest BCUT2D eigenvalue weighted by molar-refractivity contribution is 0.508. The van der Waals surface area contributed by atoms with Gasteiger partial charge >= 0.3 is 0 Å². The van der Waals surface area contributed by atoms with Gasteiger partial charge in [0.25, 0.3) is 0 Å². The average Bonchev–Trinajstić information content (AvgIpc) is 2.97. The topological polar surface area (TPSA) is 54.7 Å². The molecule has 0 atom stereocenters. The van der Waals surface area contributed by atoms with E-state index in [2.05, 4.69) is 66.3 Å². The maximum atomic E-state index is 5.82. The van der Waals surface area contributed by atoms with Crippen molar-refractivity contribution in [3.8, 4) is 11.3 Å². The summed E-state index contributed by atoms with van der Waals surface area (Å²) in [5.41, 5.74) is 7.90. The van der Waals surface area contributed by atoms with Crippen molar-refractivity contribution >= 4 is 10.8 Å². The predicted molar refractivity (Wildman–Crippen MR) is 83.6 cm³/mol. The molecule has 3 heteroatoms. The number of H-pyrrole nitrogens is 1. The van der Waals surface area contributed by atoms with Crippen LogP contribution in [0, 0.1) is 0 Å². The Morgan fingerprint density at radius 3 is 2.65 bits per heavy atom. The van der Waals surface area contributed by atoms with Gasteiger partial charge in [0.05, 0.1) is 11.9 Å². The maximum absolute atomic E-state index is 5.82. The number of nitrogens with one attached hydrogen (secondary N) is 1. The number of fused-ring (bicyclic) bond motifs is 1. The van der Waals surface area contributed by atoms with E-state index in [9.17, 15) is 0 Å². The van der Waals surface area contributed by atoms with Gasteiger partial charge in [-0.3, -0.25) is 0 Å². The van der Waals surface area contributed by atoms with E-state index in [0.29, 0.717) is 6.54 Å². The van der Waals surface area contributed by atoms with Crippen molar-refractivity contribution in [1.82, 2.24) is 9.97 Å². The Bertz CT molecular complexity index is 735. The Labute approximate surface area is 118 Å². The van der Waals surface area contributed by atoms with Crippen LogP contribution >= 0.6 is 0 Å². The van der Waals surface area contributed by atoms with Crippen LogP contribution in [0.4, 0.5) is 0 Å². The second kappa shape index (κ2) is 4.76. The van der Waals surface area contributed by atoms with E-state index in [4.69, 9.17) is 5.73 Å². The van der Waals surface area contributed by atoms with Crippen molar-refractivity contribution in [2.24, 2.45) is 5.73 Å². The van der Waals surface area contributed by atoms with E-state index < -0.39 is 0 Å². The van der Waals surface area contributed by atoms with Gasteiger partial charge in [-0.2, -0.15) is 0 Å². The van der Waals surface area contributed by atoms with E-state index in [-0.39, 0.29) is 5.41 Å². The third-order valence-electron chi connectivity index (χ3n) is 3.81. The summed E-state index contributed by atoms with van der Waals surface area (Å²) in [5, 5.41) is 2.47. The minimum atomic E-state index is -0.136. The number of hydrogen-bond acceptors (Lipinski definition) is 2. The first kappa shape index (κ1) is 12.9. The van der Waals surface area contributed by atoms with Gasteiger partial charge in [0.15, 0.2) is 0 Å². The number of rotatable bonds is 3. The fourth-order valence-electron chi connectivity index (χ4n) is 2.36. The number of benzene rings is 2. The van der Waals surface area contributed by atoms with E-state index >= 15 is 0 Å². The highest BCUT2D eigenvalue weighted by Gasteiger charge is 2.22. The average molecular weight is 265 g/mol. The highest BCUT2D eigenvalue weighted by atomic mass is 14.9. The van der Waals surface area contributed by atoms with E-state index in [1.165, 1.54) is 16.3 Å². The first-order valence-corrected chi connectivity index (χ1v) is 6.85. The van der Waals surface area contributed by atoms with Crippen LogP contribution in [0.5, 0.6) is 0 Å². The summed E-state index contributed by atoms with van der Waals surface area (Å²) < 4.78 is 0. The molecule has 3 nitrogen and oxygen atoms in total. The van der Waals surface area contributed by atoms with E-state index in [1.54, 1.807) is 0 Å². The summed E-state index contributed by atoms with van der Waals surface area (Å²) in [5.74, 6) is 0.933. The molecule has 20 heavy (non-hydrogen) atoms. The first-order valence-electron chi connectivity index (χ1n) is 6.85. The summed E-state index contributed by atoms with van der Waals surface area (Å²) in [6, 6.07) is 14.7. The molecule has 0 radical (unpaired) electrons. The molecule has 3 N–H and O–H groups in total. The van der Waals surface area contributed by atoms with Crippen molar-refractivity contribution < 1.29 is 0 Å². The van der Waals surface area contributed by atoms with Crippen LogP contribution in [0.3, 0.4) is 0 Å². The monoisotopic (exact) mass is 265 g/mol. The van der Waals surface area contributed by atoms with E-state index in [0.717, 1.165) is 11.5 Å². The van der Waals surface area contributed by atoms with Crippen LogP contribution in [-0.2, 0) is 5.41 Å². The second-order valence-corrected chi connectivity index (χ2v) is 5.76. The molecule has 3 aromatic rings. The van der Waals surface area contributed by atoms with Crippen molar-refractivity contribution in [2.45, 2.75) is 19.3 Å². The third kappa shape index (κ3) is 2.10. The van der Waals surface area contributed by atoms with Gasteiger partial charge in [0.2, 0.25) is 0 Å².